The molecule has 3 aromatic rings. The highest BCUT2D eigenvalue weighted by atomic mass is 32.2. The van der Waals surface area contributed by atoms with E-state index in [4.69, 9.17) is 0 Å². The van der Waals surface area contributed by atoms with Crippen molar-refractivity contribution in [3.8, 4) is 0 Å². The molecule has 2 heterocycles. The molecule has 0 saturated carbocycles. The van der Waals surface area contributed by atoms with E-state index in [-0.39, 0.29) is 29.4 Å². The zero-order valence-electron chi connectivity index (χ0n) is 18.2. The van der Waals surface area contributed by atoms with Crippen LogP contribution in [0.5, 0.6) is 0 Å². The first kappa shape index (κ1) is 22.1. The van der Waals surface area contributed by atoms with Crippen molar-refractivity contribution in [2.24, 2.45) is 0 Å². The molecule has 34 heavy (non-hydrogen) atoms. The van der Waals surface area contributed by atoms with E-state index >= 15 is 0 Å². The Labute approximate surface area is 200 Å². The van der Waals surface area contributed by atoms with Crippen molar-refractivity contribution in [1.29, 1.82) is 0 Å². The molecular weight excluding hydrogens is 451 g/mol. The molecule has 0 N–H and O–H groups in total. The highest BCUT2D eigenvalue weighted by molar-refractivity contribution is 8.18. The van der Waals surface area contributed by atoms with Crippen molar-refractivity contribution in [2.75, 3.05) is 6.54 Å². The number of amides is 3. The maximum Gasteiger partial charge on any atom is 0.293 e. The van der Waals surface area contributed by atoms with Crippen LogP contribution >= 0.6 is 11.8 Å². The van der Waals surface area contributed by atoms with Gasteiger partial charge in [0.1, 0.15) is 5.82 Å². The Hall–Kier alpha value is -3.71. The number of rotatable bonds is 4. The molecule has 0 radical (unpaired) electrons. The maximum absolute atomic E-state index is 13.1. The minimum Gasteiger partial charge on any atom is -0.334 e. The van der Waals surface area contributed by atoms with Gasteiger partial charge >= 0.3 is 0 Å². The third-order valence-electron chi connectivity index (χ3n) is 6.00. The van der Waals surface area contributed by atoms with Gasteiger partial charge in [0, 0.05) is 18.7 Å². The SMILES string of the molecule is O=C(c1ccc(/C=C2\SC(=O)N(Cc3ccc(F)cc3)C2=O)cc1)N1CCc2ccccc2C1. The molecule has 0 unspecified atom stereocenters. The summed E-state index contributed by atoms with van der Waals surface area (Å²) in [5.74, 6) is -0.781. The number of halogens is 1. The van der Waals surface area contributed by atoms with Crippen LogP contribution < -0.4 is 0 Å². The maximum atomic E-state index is 13.1. The average Bonchev–Trinajstić information content (AvgIpc) is 3.12. The second-order valence-corrected chi connectivity index (χ2v) is 9.25. The molecule has 1 fully saturated rings. The molecule has 0 aromatic heterocycles. The molecule has 0 bridgehead atoms. The minimum atomic E-state index is -0.383. The summed E-state index contributed by atoms with van der Waals surface area (Å²) in [5.41, 5.74) is 4.45. The first-order valence-electron chi connectivity index (χ1n) is 10.9. The van der Waals surface area contributed by atoms with Crippen LogP contribution in [0, 0.1) is 5.82 Å². The second-order valence-electron chi connectivity index (χ2n) is 8.26. The number of fused-ring (bicyclic) bond motifs is 1. The number of carbonyl (C=O) groups excluding carboxylic acids is 3. The molecule has 3 aromatic carbocycles. The third-order valence-corrected chi connectivity index (χ3v) is 6.91. The van der Waals surface area contributed by atoms with Gasteiger partial charge in [-0.05, 0) is 70.8 Å². The van der Waals surface area contributed by atoms with Crippen molar-refractivity contribution in [3.63, 3.8) is 0 Å². The van der Waals surface area contributed by atoms with Gasteiger partial charge < -0.3 is 4.90 Å². The lowest BCUT2D eigenvalue weighted by Crippen LogP contribution is -2.35. The van der Waals surface area contributed by atoms with Crippen LogP contribution in [0.2, 0.25) is 0 Å². The van der Waals surface area contributed by atoms with E-state index in [1.54, 1.807) is 42.5 Å². The molecule has 1 saturated heterocycles. The van der Waals surface area contributed by atoms with Gasteiger partial charge in [0.15, 0.2) is 0 Å². The van der Waals surface area contributed by atoms with Crippen LogP contribution in [0.3, 0.4) is 0 Å². The van der Waals surface area contributed by atoms with Gasteiger partial charge in [0.2, 0.25) is 0 Å². The summed E-state index contributed by atoms with van der Waals surface area (Å²) in [5, 5.41) is -0.363. The van der Waals surface area contributed by atoms with Crippen LogP contribution in [-0.4, -0.2) is 33.4 Å². The Morgan fingerprint density at radius 1 is 0.941 bits per heavy atom. The zero-order chi connectivity index (χ0) is 23.7. The normalized spacial score (nSPS) is 16.8. The molecule has 5 rings (SSSR count). The molecule has 7 heteroatoms. The lowest BCUT2D eigenvalue weighted by Gasteiger charge is -2.29. The van der Waals surface area contributed by atoms with Crippen molar-refractivity contribution < 1.29 is 18.8 Å². The topological polar surface area (TPSA) is 57.7 Å². The van der Waals surface area contributed by atoms with Crippen LogP contribution in [0.15, 0.2) is 77.7 Å². The van der Waals surface area contributed by atoms with Gasteiger partial charge in [-0.3, -0.25) is 19.3 Å². The van der Waals surface area contributed by atoms with E-state index in [1.165, 1.54) is 23.3 Å². The van der Waals surface area contributed by atoms with Gasteiger partial charge in [0.25, 0.3) is 17.1 Å². The predicted octanol–water partition coefficient (Wildman–Crippen LogP) is 5.26. The number of nitrogens with zero attached hydrogens (tertiary/aromatic N) is 2. The summed E-state index contributed by atoms with van der Waals surface area (Å²) in [6, 6.07) is 20.9. The molecule has 2 aliphatic heterocycles. The lowest BCUT2D eigenvalue weighted by atomic mass is 9.99. The Kier molecular flexibility index (Phi) is 6.02. The van der Waals surface area contributed by atoms with Crippen LogP contribution in [-0.2, 0) is 24.3 Å². The molecule has 5 nitrogen and oxygen atoms in total. The van der Waals surface area contributed by atoms with Gasteiger partial charge in [-0.1, -0.05) is 48.5 Å². The minimum absolute atomic E-state index is 0.0272. The fourth-order valence-electron chi connectivity index (χ4n) is 4.13. The fraction of sp³-hybridized carbons (Fsp3) is 0.148. The van der Waals surface area contributed by atoms with E-state index in [2.05, 4.69) is 12.1 Å². The molecular formula is C27H21FN2O3S. The predicted molar refractivity (Wildman–Crippen MR) is 129 cm³/mol. The van der Waals surface area contributed by atoms with Gasteiger partial charge in [0.05, 0.1) is 11.4 Å². The van der Waals surface area contributed by atoms with Crippen molar-refractivity contribution in [2.45, 2.75) is 19.5 Å². The van der Waals surface area contributed by atoms with E-state index in [1.807, 2.05) is 17.0 Å². The summed E-state index contributed by atoms with van der Waals surface area (Å²) >= 11 is 0.875. The van der Waals surface area contributed by atoms with Gasteiger partial charge in [-0.15, -0.1) is 0 Å². The third kappa shape index (κ3) is 4.52. The number of hydrogen-bond donors (Lipinski definition) is 0. The van der Waals surface area contributed by atoms with Crippen LogP contribution in [0.25, 0.3) is 6.08 Å². The number of benzene rings is 3. The zero-order valence-corrected chi connectivity index (χ0v) is 19.1. The van der Waals surface area contributed by atoms with Gasteiger partial charge in [-0.25, -0.2) is 4.39 Å². The highest BCUT2D eigenvalue weighted by Crippen LogP contribution is 2.33. The van der Waals surface area contributed by atoms with Crippen LogP contribution in [0.4, 0.5) is 9.18 Å². The van der Waals surface area contributed by atoms with Crippen molar-refractivity contribution in [1.82, 2.24) is 9.80 Å². The van der Waals surface area contributed by atoms with E-state index < -0.39 is 0 Å². The average molecular weight is 473 g/mol. The Balaban J connectivity index is 1.27. The van der Waals surface area contributed by atoms with Crippen molar-refractivity contribution in [3.05, 3.63) is 111 Å². The molecule has 170 valence electrons. The summed E-state index contributed by atoms with van der Waals surface area (Å²) < 4.78 is 13.1. The first-order chi connectivity index (χ1) is 16.5. The standard InChI is InChI=1S/C27H21FN2O3S/c28-23-11-7-19(8-12-23)16-30-26(32)24(34-27(30)33)15-18-5-9-21(10-6-18)25(31)29-14-13-20-3-1-2-4-22(20)17-29/h1-12,15H,13-14,16-17H2/b24-15-. The molecule has 3 amide bonds. The fourth-order valence-corrected chi connectivity index (χ4v) is 4.97. The largest absolute Gasteiger partial charge is 0.334 e. The summed E-state index contributed by atoms with van der Waals surface area (Å²) in [4.78, 5) is 41.4. The summed E-state index contributed by atoms with van der Waals surface area (Å²) in [6.07, 6.45) is 2.49. The first-order valence-corrected chi connectivity index (χ1v) is 11.8. The Morgan fingerprint density at radius 2 is 1.65 bits per heavy atom. The quantitative estimate of drug-likeness (QED) is 0.486. The van der Waals surface area contributed by atoms with Crippen LogP contribution in [0.1, 0.15) is 32.6 Å². The lowest BCUT2D eigenvalue weighted by molar-refractivity contribution is -0.123. The van der Waals surface area contributed by atoms with E-state index in [9.17, 15) is 18.8 Å². The monoisotopic (exact) mass is 472 g/mol. The number of carbonyl (C=O) groups is 3. The molecule has 0 aliphatic carbocycles. The van der Waals surface area contributed by atoms with E-state index in [0.29, 0.717) is 29.1 Å². The molecule has 2 aliphatic rings. The number of imide groups is 1. The summed E-state index contributed by atoms with van der Waals surface area (Å²) in [6.45, 7) is 1.37. The van der Waals surface area contributed by atoms with Crippen molar-refractivity contribution >= 4 is 34.9 Å². The van der Waals surface area contributed by atoms with E-state index in [0.717, 1.165) is 28.6 Å². The Morgan fingerprint density at radius 3 is 2.38 bits per heavy atom. The number of thioether (sulfide) groups is 1. The summed E-state index contributed by atoms with van der Waals surface area (Å²) in [7, 11) is 0. The molecule has 0 atom stereocenters. The number of hydrogen-bond acceptors (Lipinski definition) is 4. The second kappa shape index (κ2) is 9.27. The highest BCUT2D eigenvalue weighted by Gasteiger charge is 2.35. The van der Waals surface area contributed by atoms with Gasteiger partial charge in [-0.2, -0.15) is 0 Å². The molecule has 0 spiro atoms. The Bertz CT molecular complexity index is 1300. The smallest absolute Gasteiger partial charge is 0.293 e.